The number of rotatable bonds is 2. The molecule has 0 spiro atoms. The number of β-amino-alcohol motifs (C(OH)–C–C–N with tert-alkyl or cyclic N) is 2. The van der Waals surface area contributed by atoms with Gasteiger partial charge in [-0.25, -0.2) is 4.98 Å². The fourth-order valence-corrected chi connectivity index (χ4v) is 2.47. The molecule has 0 bridgehead atoms. The zero-order valence-electron chi connectivity index (χ0n) is 9.70. The van der Waals surface area contributed by atoms with Crippen molar-refractivity contribution in [3.8, 4) is 0 Å². The Kier molecular flexibility index (Phi) is 2.99. The molecule has 0 aliphatic carbocycles. The van der Waals surface area contributed by atoms with Crippen molar-refractivity contribution in [3.05, 3.63) is 35.2 Å². The highest BCUT2D eigenvalue weighted by Gasteiger charge is 2.29. The molecule has 6 heteroatoms. The maximum atomic E-state index is 9.49. The third-order valence-electron chi connectivity index (χ3n) is 3.19. The summed E-state index contributed by atoms with van der Waals surface area (Å²) in [5.41, 5.74) is 1.74. The fourth-order valence-electron chi connectivity index (χ4n) is 2.30. The minimum absolute atomic E-state index is 0.482. The van der Waals surface area contributed by atoms with E-state index >= 15 is 0 Å². The van der Waals surface area contributed by atoms with E-state index in [0.717, 1.165) is 11.3 Å². The average molecular weight is 268 g/mol. The third kappa shape index (κ3) is 2.22. The second kappa shape index (κ2) is 4.51. The van der Waals surface area contributed by atoms with Crippen LogP contribution < -0.4 is 0 Å². The predicted octanol–water partition coefficient (Wildman–Crippen LogP) is 0.525. The van der Waals surface area contributed by atoms with E-state index in [-0.39, 0.29) is 0 Å². The summed E-state index contributed by atoms with van der Waals surface area (Å²) in [5.74, 6) is 0. The Hall–Kier alpha value is -1.14. The molecule has 2 atom stereocenters. The van der Waals surface area contributed by atoms with Gasteiger partial charge in [0.2, 0.25) is 0 Å². The van der Waals surface area contributed by atoms with E-state index in [2.05, 4.69) is 4.98 Å². The first-order chi connectivity index (χ1) is 8.61. The molecule has 0 saturated carbocycles. The monoisotopic (exact) mass is 267 g/mol. The van der Waals surface area contributed by atoms with Crippen molar-refractivity contribution in [3.63, 3.8) is 0 Å². The van der Waals surface area contributed by atoms with Crippen LogP contribution in [0.15, 0.2) is 24.5 Å². The number of pyridine rings is 1. The Morgan fingerprint density at radius 2 is 1.94 bits per heavy atom. The molecule has 1 fully saturated rings. The standard InChI is InChI=1S/C12H14ClN3O2/c13-8-1-2-12-14-9(5-16(12)3-8)4-15-6-10(17)11(18)7-15/h1-3,5,10-11,17-18H,4,6-7H2. The van der Waals surface area contributed by atoms with E-state index in [4.69, 9.17) is 11.6 Å². The van der Waals surface area contributed by atoms with E-state index in [0.29, 0.717) is 24.7 Å². The van der Waals surface area contributed by atoms with Crippen LogP contribution in [-0.2, 0) is 6.54 Å². The smallest absolute Gasteiger partial charge is 0.137 e. The number of halogens is 1. The number of aliphatic hydroxyl groups is 2. The molecule has 1 aliphatic rings. The van der Waals surface area contributed by atoms with Crippen LogP contribution in [-0.4, -0.2) is 49.8 Å². The lowest BCUT2D eigenvalue weighted by Gasteiger charge is -2.11. The molecule has 3 heterocycles. The van der Waals surface area contributed by atoms with E-state index < -0.39 is 12.2 Å². The van der Waals surface area contributed by atoms with Gasteiger partial charge in [0.25, 0.3) is 0 Å². The number of aliphatic hydroxyl groups excluding tert-OH is 2. The Labute approximate surface area is 109 Å². The summed E-state index contributed by atoms with van der Waals surface area (Å²) in [6.07, 6.45) is 2.41. The predicted molar refractivity (Wildman–Crippen MR) is 67.5 cm³/mol. The largest absolute Gasteiger partial charge is 0.389 e. The van der Waals surface area contributed by atoms with Crippen LogP contribution >= 0.6 is 11.6 Å². The van der Waals surface area contributed by atoms with Crippen molar-refractivity contribution in [2.24, 2.45) is 0 Å². The minimum Gasteiger partial charge on any atom is -0.389 e. The molecule has 0 radical (unpaired) electrons. The van der Waals surface area contributed by atoms with Crippen LogP contribution in [0.2, 0.25) is 5.02 Å². The first-order valence-corrected chi connectivity index (χ1v) is 6.21. The van der Waals surface area contributed by atoms with Crippen LogP contribution in [0.3, 0.4) is 0 Å². The fraction of sp³-hybridized carbons (Fsp3) is 0.417. The van der Waals surface area contributed by atoms with Crippen molar-refractivity contribution < 1.29 is 10.2 Å². The van der Waals surface area contributed by atoms with Gasteiger partial charge in [0.15, 0.2) is 0 Å². The second-order valence-corrected chi connectivity index (χ2v) is 5.11. The number of aromatic nitrogens is 2. The lowest BCUT2D eigenvalue weighted by Crippen LogP contribution is -2.22. The van der Waals surface area contributed by atoms with Crippen molar-refractivity contribution in [2.45, 2.75) is 18.8 Å². The first-order valence-electron chi connectivity index (χ1n) is 5.83. The zero-order valence-corrected chi connectivity index (χ0v) is 10.5. The van der Waals surface area contributed by atoms with E-state index in [9.17, 15) is 10.2 Å². The van der Waals surface area contributed by atoms with Gasteiger partial charge in [0, 0.05) is 32.0 Å². The molecule has 2 aromatic heterocycles. The van der Waals surface area contributed by atoms with E-state index in [1.807, 2.05) is 21.6 Å². The zero-order chi connectivity index (χ0) is 12.7. The summed E-state index contributed by atoms with van der Waals surface area (Å²) in [4.78, 5) is 6.45. The van der Waals surface area contributed by atoms with Crippen LogP contribution in [0, 0.1) is 0 Å². The molecule has 1 aliphatic heterocycles. The highest BCUT2D eigenvalue weighted by atomic mass is 35.5. The highest BCUT2D eigenvalue weighted by Crippen LogP contribution is 2.16. The lowest BCUT2D eigenvalue weighted by molar-refractivity contribution is 0.0572. The van der Waals surface area contributed by atoms with Gasteiger partial charge >= 0.3 is 0 Å². The van der Waals surface area contributed by atoms with Crippen LogP contribution in [0.1, 0.15) is 5.69 Å². The molecule has 5 nitrogen and oxygen atoms in total. The highest BCUT2D eigenvalue weighted by molar-refractivity contribution is 6.30. The summed E-state index contributed by atoms with van der Waals surface area (Å²) in [6, 6.07) is 3.66. The van der Waals surface area contributed by atoms with Crippen molar-refractivity contribution in [1.82, 2.24) is 14.3 Å². The van der Waals surface area contributed by atoms with Gasteiger partial charge < -0.3 is 14.6 Å². The molecule has 0 aromatic carbocycles. The first kappa shape index (κ1) is 11.9. The van der Waals surface area contributed by atoms with Gasteiger partial charge in [0.05, 0.1) is 22.9 Å². The molecule has 3 rings (SSSR count). The molecule has 2 N–H and O–H groups in total. The summed E-state index contributed by atoms with van der Waals surface area (Å²) >= 11 is 5.91. The molecule has 96 valence electrons. The number of fused-ring (bicyclic) bond motifs is 1. The summed E-state index contributed by atoms with van der Waals surface area (Å²) in [6.45, 7) is 1.58. The minimum atomic E-state index is -0.656. The Balaban J connectivity index is 1.79. The van der Waals surface area contributed by atoms with Gasteiger partial charge in [-0.15, -0.1) is 0 Å². The topological polar surface area (TPSA) is 61.0 Å². The molecule has 18 heavy (non-hydrogen) atoms. The lowest BCUT2D eigenvalue weighted by atomic mass is 10.3. The van der Waals surface area contributed by atoms with Gasteiger partial charge in [-0.1, -0.05) is 11.6 Å². The van der Waals surface area contributed by atoms with Gasteiger partial charge in [-0.2, -0.15) is 0 Å². The number of likely N-dealkylation sites (tertiary alicyclic amines) is 1. The molecule has 2 unspecified atom stereocenters. The SMILES string of the molecule is OC1CN(Cc2cn3cc(Cl)ccc3n2)CC1O. The normalized spacial score (nSPS) is 25.1. The van der Waals surface area contributed by atoms with Gasteiger partial charge in [0.1, 0.15) is 5.65 Å². The van der Waals surface area contributed by atoms with E-state index in [1.165, 1.54) is 0 Å². The van der Waals surface area contributed by atoms with Crippen molar-refractivity contribution >= 4 is 17.2 Å². The quantitative estimate of drug-likeness (QED) is 0.833. The number of imidazole rings is 1. The molecule has 1 saturated heterocycles. The number of nitrogens with zero attached hydrogens (tertiary/aromatic N) is 3. The molecule has 2 aromatic rings. The summed E-state index contributed by atoms with van der Waals surface area (Å²) in [5, 5.41) is 19.6. The average Bonchev–Trinajstić information content (AvgIpc) is 2.82. The van der Waals surface area contributed by atoms with Crippen molar-refractivity contribution in [1.29, 1.82) is 0 Å². The van der Waals surface area contributed by atoms with Crippen LogP contribution in [0.5, 0.6) is 0 Å². The molecular formula is C12H14ClN3O2. The summed E-state index contributed by atoms with van der Waals surface area (Å²) < 4.78 is 1.88. The van der Waals surface area contributed by atoms with Crippen LogP contribution in [0.25, 0.3) is 5.65 Å². The number of hydrogen-bond acceptors (Lipinski definition) is 4. The summed E-state index contributed by atoms with van der Waals surface area (Å²) in [7, 11) is 0. The number of hydrogen-bond donors (Lipinski definition) is 2. The van der Waals surface area contributed by atoms with Crippen molar-refractivity contribution in [2.75, 3.05) is 13.1 Å². The van der Waals surface area contributed by atoms with Gasteiger partial charge in [-0.3, -0.25) is 4.90 Å². The Morgan fingerprint density at radius 1 is 1.22 bits per heavy atom. The molecular weight excluding hydrogens is 254 g/mol. The maximum Gasteiger partial charge on any atom is 0.137 e. The third-order valence-corrected chi connectivity index (χ3v) is 3.41. The maximum absolute atomic E-state index is 9.49. The Bertz CT molecular complexity index is 561. The van der Waals surface area contributed by atoms with Crippen LogP contribution in [0.4, 0.5) is 0 Å². The van der Waals surface area contributed by atoms with E-state index in [1.54, 1.807) is 12.3 Å². The van der Waals surface area contributed by atoms with Gasteiger partial charge in [-0.05, 0) is 12.1 Å². The molecule has 0 amide bonds. The Morgan fingerprint density at radius 3 is 2.67 bits per heavy atom. The second-order valence-electron chi connectivity index (χ2n) is 4.67.